The summed E-state index contributed by atoms with van der Waals surface area (Å²) in [6, 6.07) is 3.69. The van der Waals surface area contributed by atoms with Crippen molar-refractivity contribution >= 4 is 23.1 Å². The van der Waals surface area contributed by atoms with Crippen molar-refractivity contribution in [2.75, 3.05) is 19.0 Å². The molecule has 0 saturated heterocycles. The first-order valence-electron chi connectivity index (χ1n) is 7.76. The Morgan fingerprint density at radius 3 is 2.48 bits per heavy atom. The molecular weight excluding hydrogens is 330 g/mol. The predicted octanol–water partition coefficient (Wildman–Crippen LogP) is -0.0936. The Labute approximate surface area is 144 Å². The number of nitrogens with zero attached hydrogens (tertiary/aromatic N) is 2. The van der Waals surface area contributed by atoms with E-state index >= 15 is 0 Å². The molecule has 1 heterocycles. The third kappa shape index (κ3) is 4.07. The van der Waals surface area contributed by atoms with Crippen molar-refractivity contribution in [1.29, 1.82) is 0 Å². The van der Waals surface area contributed by atoms with Gasteiger partial charge >= 0.3 is 6.09 Å². The molecule has 0 unspecified atom stereocenters. The van der Waals surface area contributed by atoms with Crippen LogP contribution in [0.2, 0.25) is 0 Å². The van der Waals surface area contributed by atoms with Crippen LogP contribution in [0.15, 0.2) is 12.1 Å². The van der Waals surface area contributed by atoms with Gasteiger partial charge in [0.05, 0.1) is 31.3 Å². The molecule has 1 amide bonds. The number of fused-ring (bicyclic) bond motifs is 1. The number of aryl methyl sites for hydroxylation is 2. The number of imidazole rings is 1. The standard InChI is InChI=1S/C16H23N3O6/c1-8-4-10-11(5-9(8)2)19(15(17-10)18-16(24)25-3)6-12(21)14(23)13(22)7-20/h4-5,12-14,20-23H,6-7H2,1-3H3,(H,17,18,24)/t12-,13+,14-/m0/s1. The van der Waals surface area contributed by atoms with Gasteiger partial charge in [-0.25, -0.2) is 9.78 Å². The Morgan fingerprint density at radius 2 is 1.88 bits per heavy atom. The second-order valence-electron chi connectivity index (χ2n) is 5.90. The van der Waals surface area contributed by atoms with E-state index in [4.69, 9.17) is 5.11 Å². The van der Waals surface area contributed by atoms with Gasteiger partial charge in [0.1, 0.15) is 18.3 Å². The Bertz CT molecular complexity index is 760. The lowest BCUT2D eigenvalue weighted by Crippen LogP contribution is -2.41. The number of amides is 1. The van der Waals surface area contributed by atoms with Gasteiger partial charge in [0, 0.05) is 0 Å². The number of nitrogens with one attached hydrogen (secondary N) is 1. The first kappa shape index (κ1) is 19.1. The summed E-state index contributed by atoms with van der Waals surface area (Å²) in [6.45, 7) is 3.00. The molecule has 9 nitrogen and oxygen atoms in total. The van der Waals surface area contributed by atoms with E-state index in [0.717, 1.165) is 11.1 Å². The first-order valence-corrected chi connectivity index (χ1v) is 7.76. The van der Waals surface area contributed by atoms with Crippen LogP contribution in [0.25, 0.3) is 11.0 Å². The number of anilines is 1. The van der Waals surface area contributed by atoms with Gasteiger partial charge in [0.25, 0.3) is 0 Å². The molecular formula is C16H23N3O6. The summed E-state index contributed by atoms with van der Waals surface area (Å²) in [7, 11) is 1.22. The van der Waals surface area contributed by atoms with E-state index in [0.29, 0.717) is 11.0 Å². The maximum absolute atomic E-state index is 11.5. The molecule has 5 N–H and O–H groups in total. The molecule has 0 saturated carbocycles. The van der Waals surface area contributed by atoms with E-state index in [1.165, 1.54) is 11.7 Å². The Hall–Kier alpha value is -2.20. The second-order valence-corrected chi connectivity index (χ2v) is 5.90. The zero-order chi connectivity index (χ0) is 18.7. The van der Waals surface area contributed by atoms with Gasteiger partial charge < -0.3 is 29.7 Å². The van der Waals surface area contributed by atoms with Crippen LogP contribution in [0.4, 0.5) is 10.7 Å². The fourth-order valence-corrected chi connectivity index (χ4v) is 2.46. The van der Waals surface area contributed by atoms with Crippen molar-refractivity contribution < 1.29 is 30.0 Å². The lowest BCUT2D eigenvalue weighted by Gasteiger charge is -2.22. The molecule has 1 aromatic carbocycles. The van der Waals surface area contributed by atoms with Crippen LogP contribution in [0.5, 0.6) is 0 Å². The molecule has 0 spiro atoms. The number of rotatable bonds is 6. The number of hydrogen-bond acceptors (Lipinski definition) is 7. The minimum Gasteiger partial charge on any atom is -0.453 e. The zero-order valence-corrected chi connectivity index (χ0v) is 14.3. The van der Waals surface area contributed by atoms with Gasteiger partial charge in [-0.2, -0.15) is 0 Å². The smallest absolute Gasteiger partial charge is 0.413 e. The largest absolute Gasteiger partial charge is 0.453 e. The highest BCUT2D eigenvalue weighted by molar-refractivity contribution is 5.87. The molecule has 0 fully saturated rings. The fourth-order valence-electron chi connectivity index (χ4n) is 2.46. The monoisotopic (exact) mass is 353 g/mol. The average molecular weight is 353 g/mol. The lowest BCUT2D eigenvalue weighted by molar-refractivity contribution is -0.0801. The van der Waals surface area contributed by atoms with Gasteiger partial charge in [-0.1, -0.05) is 0 Å². The number of methoxy groups -OCH3 is 1. The number of aromatic nitrogens is 2. The van der Waals surface area contributed by atoms with E-state index in [9.17, 15) is 20.1 Å². The molecule has 0 radical (unpaired) electrons. The number of ether oxygens (including phenoxy) is 1. The van der Waals surface area contributed by atoms with Gasteiger partial charge in [0.2, 0.25) is 5.95 Å². The topological polar surface area (TPSA) is 137 Å². The first-order chi connectivity index (χ1) is 11.8. The third-order valence-corrected chi connectivity index (χ3v) is 4.11. The number of hydrogen-bond donors (Lipinski definition) is 5. The van der Waals surface area contributed by atoms with Crippen LogP contribution in [-0.2, 0) is 11.3 Å². The number of benzene rings is 1. The van der Waals surface area contributed by atoms with E-state index in [-0.39, 0.29) is 12.5 Å². The number of aliphatic hydroxyl groups excluding tert-OH is 4. The molecule has 2 rings (SSSR count). The molecule has 0 aliphatic rings. The van der Waals surface area contributed by atoms with Crippen molar-refractivity contribution in [3.63, 3.8) is 0 Å². The second kappa shape index (κ2) is 7.79. The maximum atomic E-state index is 11.5. The number of carbonyl (C=O) groups excluding carboxylic acids is 1. The van der Waals surface area contributed by atoms with E-state index in [1.54, 1.807) is 0 Å². The van der Waals surface area contributed by atoms with Crippen molar-refractivity contribution in [1.82, 2.24) is 9.55 Å². The van der Waals surface area contributed by atoms with Crippen LogP contribution in [0.3, 0.4) is 0 Å². The Balaban J connectivity index is 2.45. The van der Waals surface area contributed by atoms with Crippen molar-refractivity contribution in [3.05, 3.63) is 23.3 Å². The normalized spacial score (nSPS) is 15.0. The van der Waals surface area contributed by atoms with E-state index in [1.807, 2.05) is 26.0 Å². The molecule has 2 aromatic rings. The molecule has 138 valence electrons. The summed E-state index contributed by atoms with van der Waals surface area (Å²) >= 11 is 0. The summed E-state index contributed by atoms with van der Waals surface area (Å²) in [6.07, 6.45) is -5.15. The summed E-state index contributed by atoms with van der Waals surface area (Å²) in [5, 5.41) is 40.9. The zero-order valence-electron chi connectivity index (χ0n) is 14.3. The Kier molecular flexibility index (Phi) is 5.96. The van der Waals surface area contributed by atoms with Gasteiger partial charge in [0.15, 0.2) is 0 Å². The fraction of sp³-hybridized carbons (Fsp3) is 0.500. The summed E-state index contributed by atoms with van der Waals surface area (Å²) in [4.78, 5) is 15.9. The van der Waals surface area contributed by atoms with Gasteiger partial charge in [-0.05, 0) is 37.1 Å². The molecule has 9 heteroatoms. The average Bonchev–Trinajstić information content (AvgIpc) is 2.90. The molecule has 3 atom stereocenters. The number of aliphatic hydroxyl groups is 4. The van der Waals surface area contributed by atoms with Gasteiger partial charge in [-0.3, -0.25) is 5.32 Å². The van der Waals surface area contributed by atoms with Crippen molar-refractivity contribution in [2.24, 2.45) is 0 Å². The van der Waals surface area contributed by atoms with Crippen LogP contribution < -0.4 is 5.32 Å². The maximum Gasteiger partial charge on any atom is 0.413 e. The quantitative estimate of drug-likeness (QED) is 0.489. The van der Waals surface area contributed by atoms with Gasteiger partial charge in [-0.15, -0.1) is 0 Å². The van der Waals surface area contributed by atoms with Crippen molar-refractivity contribution in [3.8, 4) is 0 Å². The highest BCUT2D eigenvalue weighted by Crippen LogP contribution is 2.24. The summed E-state index contributed by atoms with van der Waals surface area (Å²) in [5.41, 5.74) is 3.24. The SMILES string of the molecule is COC(=O)Nc1nc2cc(C)c(C)cc2n1C[C@H](O)[C@H](O)[C@H](O)CO. The molecule has 0 aliphatic carbocycles. The van der Waals surface area contributed by atoms with E-state index in [2.05, 4.69) is 15.0 Å². The number of carbonyl (C=O) groups is 1. The predicted molar refractivity (Wildman–Crippen MR) is 90.3 cm³/mol. The molecule has 0 aliphatic heterocycles. The summed E-state index contributed by atoms with van der Waals surface area (Å²) < 4.78 is 6.08. The minimum atomic E-state index is -1.56. The van der Waals surface area contributed by atoms with Crippen LogP contribution in [0, 0.1) is 13.8 Å². The van der Waals surface area contributed by atoms with Crippen molar-refractivity contribution in [2.45, 2.75) is 38.7 Å². The highest BCUT2D eigenvalue weighted by atomic mass is 16.5. The lowest BCUT2D eigenvalue weighted by atomic mass is 10.1. The van der Waals surface area contributed by atoms with Crippen LogP contribution in [0.1, 0.15) is 11.1 Å². The minimum absolute atomic E-state index is 0.136. The Morgan fingerprint density at radius 1 is 1.24 bits per heavy atom. The highest BCUT2D eigenvalue weighted by Gasteiger charge is 2.26. The molecule has 0 bridgehead atoms. The molecule has 25 heavy (non-hydrogen) atoms. The van der Waals surface area contributed by atoms with Crippen LogP contribution >= 0.6 is 0 Å². The summed E-state index contributed by atoms with van der Waals surface area (Å²) in [5.74, 6) is 0.136. The third-order valence-electron chi connectivity index (χ3n) is 4.11. The van der Waals surface area contributed by atoms with E-state index < -0.39 is 31.0 Å². The molecule has 1 aromatic heterocycles. The van der Waals surface area contributed by atoms with Crippen LogP contribution in [-0.4, -0.2) is 68.1 Å².